The van der Waals surface area contributed by atoms with E-state index in [1.165, 1.54) is 0 Å². The molecule has 0 amide bonds. The fourth-order valence-electron chi connectivity index (χ4n) is 3.20. The van der Waals surface area contributed by atoms with E-state index in [-0.39, 0.29) is 12.2 Å². The summed E-state index contributed by atoms with van der Waals surface area (Å²) < 4.78 is 0. The van der Waals surface area contributed by atoms with Crippen molar-refractivity contribution in [2.24, 2.45) is 5.16 Å². The van der Waals surface area contributed by atoms with Gasteiger partial charge in [0.2, 0.25) is 0 Å². The monoisotopic (exact) mass is 338 g/mol. The van der Waals surface area contributed by atoms with Crippen LogP contribution in [-0.2, 0) is 11.3 Å². The van der Waals surface area contributed by atoms with E-state index in [1.54, 1.807) is 0 Å². The molecule has 25 heavy (non-hydrogen) atoms. The molecule has 0 fully saturated rings. The predicted octanol–water partition coefficient (Wildman–Crippen LogP) is 3.11. The number of aliphatic hydroxyl groups excluding tert-OH is 1. The average molecular weight is 338 g/mol. The zero-order valence-corrected chi connectivity index (χ0v) is 14.7. The van der Waals surface area contributed by atoms with E-state index in [2.05, 4.69) is 41.2 Å². The van der Waals surface area contributed by atoms with E-state index >= 15 is 0 Å². The summed E-state index contributed by atoms with van der Waals surface area (Å²) in [5, 5.41) is 14.6. The summed E-state index contributed by atoms with van der Waals surface area (Å²) in [5.41, 5.74) is 3.29. The molecule has 2 unspecified atom stereocenters. The summed E-state index contributed by atoms with van der Waals surface area (Å²) in [6.07, 6.45) is 1.17. The molecule has 132 valence electrons. The Kier molecular flexibility index (Phi) is 6.20. The van der Waals surface area contributed by atoms with E-state index in [0.717, 1.165) is 36.3 Å². The van der Waals surface area contributed by atoms with Crippen molar-refractivity contribution in [3.05, 3.63) is 71.8 Å². The van der Waals surface area contributed by atoms with Gasteiger partial charge in [0.25, 0.3) is 0 Å². The Labute approximate surface area is 149 Å². The van der Waals surface area contributed by atoms with Gasteiger partial charge in [-0.3, -0.25) is 4.90 Å². The van der Waals surface area contributed by atoms with Crippen molar-refractivity contribution in [2.45, 2.75) is 32.0 Å². The van der Waals surface area contributed by atoms with Crippen LogP contribution in [0.5, 0.6) is 0 Å². The summed E-state index contributed by atoms with van der Waals surface area (Å²) in [7, 11) is 0. The maximum atomic E-state index is 10.4. The number of benzene rings is 2. The van der Waals surface area contributed by atoms with Gasteiger partial charge in [0, 0.05) is 19.5 Å². The molecule has 1 aliphatic heterocycles. The van der Waals surface area contributed by atoms with Crippen LogP contribution in [0.1, 0.15) is 24.5 Å². The molecule has 0 bridgehead atoms. The molecule has 2 aromatic rings. The van der Waals surface area contributed by atoms with Crippen molar-refractivity contribution in [1.82, 2.24) is 4.90 Å². The molecular weight excluding hydrogens is 312 g/mol. The van der Waals surface area contributed by atoms with Gasteiger partial charge in [-0.25, -0.2) is 0 Å². The lowest BCUT2D eigenvalue weighted by Gasteiger charge is -2.25. The molecule has 2 aromatic carbocycles. The Morgan fingerprint density at radius 2 is 1.80 bits per heavy atom. The number of hydrogen-bond acceptors (Lipinski definition) is 4. The Hall–Kier alpha value is -2.17. The summed E-state index contributed by atoms with van der Waals surface area (Å²) >= 11 is 0. The van der Waals surface area contributed by atoms with Crippen LogP contribution < -0.4 is 0 Å². The number of aliphatic hydroxyl groups is 1. The molecule has 0 spiro atoms. The van der Waals surface area contributed by atoms with Crippen molar-refractivity contribution in [3.63, 3.8) is 0 Å². The van der Waals surface area contributed by atoms with Crippen molar-refractivity contribution in [3.8, 4) is 0 Å². The van der Waals surface area contributed by atoms with Crippen LogP contribution in [0.15, 0.2) is 65.8 Å². The second-order valence-electron chi connectivity index (χ2n) is 6.53. The zero-order valence-electron chi connectivity index (χ0n) is 14.7. The predicted molar refractivity (Wildman–Crippen MR) is 101 cm³/mol. The van der Waals surface area contributed by atoms with E-state index in [0.29, 0.717) is 13.0 Å². The molecule has 1 N–H and O–H groups in total. The molecule has 0 aliphatic carbocycles. The number of oxime groups is 1. The molecule has 1 heterocycles. The maximum Gasteiger partial charge on any atom is 0.145 e. The van der Waals surface area contributed by atoms with Gasteiger partial charge in [-0.05, 0) is 24.1 Å². The first-order valence-corrected chi connectivity index (χ1v) is 8.97. The second kappa shape index (κ2) is 8.79. The first-order chi connectivity index (χ1) is 12.2. The topological polar surface area (TPSA) is 45.1 Å². The van der Waals surface area contributed by atoms with Crippen LogP contribution >= 0.6 is 0 Å². The van der Waals surface area contributed by atoms with Crippen LogP contribution in [-0.4, -0.2) is 47.6 Å². The van der Waals surface area contributed by atoms with Crippen LogP contribution in [0.25, 0.3) is 0 Å². The Morgan fingerprint density at radius 3 is 2.48 bits per heavy atom. The fraction of sp³-hybridized carbons (Fsp3) is 0.381. The molecule has 0 saturated heterocycles. The van der Waals surface area contributed by atoms with E-state index in [1.807, 2.05) is 36.4 Å². The summed E-state index contributed by atoms with van der Waals surface area (Å²) in [6.45, 7) is 4.42. The lowest BCUT2D eigenvalue weighted by Crippen LogP contribution is -2.38. The highest BCUT2D eigenvalue weighted by atomic mass is 16.6. The summed E-state index contributed by atoms with van der Waals surface area (Å²) in [5.74, 6) is 0. The molecule has 4 nitrogen and oxygen atoms in total. The SMILES string of the molecule is CCN(CC(O)Cc1ccccc1)CC1CC(c2ccccc2)=NO1. The third kappa shape index (κ3) is 5.15. The highest BCUT2D eigenvalue weighted by Crippen LogP contribution is 2.18. The van der Waals surface area contributed by atoms with Crippen LogP contribution in [0, 0.1) is 0 Å². The van der Waals surface area contributed by atoms with Crippen LogP contribution in [0.3, 0.4) is 0 Å². The molecule has 0 aromatic heterocycles. The van der Waals surface area contributed by atoms with Crippen molar-refractivity contribution in [1.29, 1.82) is 0 Å². The molecule has 1 aliphatic rings. The normalized spacial score (nSPS) is 18.0. The molecule has 2 atom stereocenters. The number of hydrogen-bond donors (Lipinski definition) is 1. The largest absolute Gasteiger partial charge is 0.391 e. The lowest BCUT2D eigenvalue weighted by molar-refractivity contribution is 0.0370. The van der Waals surface area contributed by atoms with E-state index in [4.69, 9.17) is 4.84 Å². The zero-order chi connectivity index (χ0) is 17.5. The van der Waals surface area contributed by atoms with Gasteiger partial charge in [-0.2, -0.15) is 0 Å². The maximum absolute atomic E-state index is 10.4. The lowest BCUT2D eigenvalue weighted by atomic mass is 10.0. The van der Waals surface area contributed by atoms with Gasteiger partial charge in [0.05, 0.1) is 11.8 Å². The highest BCUT2D eigenvalue weighted by Gasteiger charge is 2.24. The Balaban J connectivity index is 1.48. The number of rotatable bonds is 8. The van der Waals surface area contributed by atoms with Gasteiger partial charge in [-0.1, -0.05) is 72.7 Å². The first kappa shape index (κ1) is 17.6. The minimum atomic E-state index is -0.377. The number of nitrogens with zero attached hydrogens (tertiary/aromatic N) is 2. The quantitative estimate of drug-likeness (QED) is 0.804. The Morgan fingerprint density at radius 1 is 1.12 bits per heavy atom. The number of likely N-dealkylation sites (N-methyl/N-ethyl adjacent to an activating group) is 1. The summed E-state index contributed by atoms with van der Waals surface area (Å²) in [4.78, 5) is 7.85. The van der Waals surface area contributed by atoms with Gasteiger partial charge in [-0.15, -0.1) is 0 Å². The fourth-order valence-corrected chi connectivity index (χ4v) is 3.20. The van der Waals surface area contributed by atoms with Crippen molar-refractivity contribution in [2.75, 3.05) is 19.6 Å². The van der Waals surface area contributed by atoms with E-state index < -0.39 is 0 Å². The van der Waals surface area contributed by atoms with Crippen LogP contribution in [0.4, 0.5) is 0 Å². The van der Waals surface area contributed by atoms with Gasteiger partial charge >= 0.3 is 0 Å². The average Bonchev–Trinajstić information content (AvgIpc) is 3.11. The molecule has 3 rings (SSSR count). The third-order valence-electron chi connectivity index (χ3n) is 4.53. The minimum absolute atomic E-state index is 0.0547. The smallest absolute Gasteiger partial charge is 0.145 e. The van der Waals surface area contributed by atoms with E-state index in [9.17, 15) is 5.11 Å². The second-order valence-corrected chi connectivity index (χ2v) is 6.53. The third-order valence-corrected chi connectivity index (χ3v) is 4.53. The summed E-state index contributed by atoms with van der Waals surface area (Å²) in [6, 6.07) is 20.3. The minimum Gasteiger partial charge on any atom is -0.391 e. The van der Waals surface area contributed by atoms with Crippen molar-refractivity contribution >= 4 is 5.71 Å². The van der Waals surface area contributed by atoms with Crippen molar-refractivity contribution < 1.29 is 9.94 Å². The van der Waals surface area contributed by atoms with Crippen LogP contribution in [0.2, 0.25) is 0 Å². The van der Waals surface area contributed by atoms with Gasteiger partial charge in [0.1, 0.15) is 6.10 Å². The van der Waals surface area contributed by atoms with Gasteiger partial charge < -0.3 is 9.94 Å². The highest BCUT2D eigenvalue weighted by molar-refractivity contribution is 6.01. The molecule has 0 saturated carbocycles. The Bertz CT molecular complexity index is 673. The first-order valence-electron chi connectivity index (χ1n) is 8.97. The standard InChI is InChI=1S/C21H26N2O2/c1-2-23(15-19(24)13-17-9-5-3-6-10-17)16-20-14-21(22-25-20)18-11-7-4-8-12-18/h3-12,19-20,24H,2,13-16H2,1H3. The van der Waals surface area contributed by atoms with Gasteiger partial charge in [0.15, 0.2) is 0 Å². The molecule has 4 heteroatoms. The molecular formula is C21H26N2O2. The molecule has 0 radical (unpaired) electrons.